The summed E-state index contributed by atoms with van der Waals surface area (Å²) in [5.74, 6) is -0.263. The van der Waals surface area contributed by atoms with Crippen LogP contribution in [-0.4, -0.2) is 62.5 Å². The predicted octanol–water partition coefficient (Wildman–Crippen LogP) is -1.82. The number of esters is 1. The van der Waals surface area contributed by atoms with Crippen LogP contribution < -0.4 is 22.6 Å². The van der Waals surface area contributed by atoms with Crippen molar-refractivity contribution in [2.45, 2.75) is 13.8 Å². The van der Waals surface area contributed by atoms with Crippen molar-refractivity contribution in [1.29, 1.82) is 0 Å². The van der Waals surface area contributed by atoms with Gasteiger partial charge in [-0.3, -0.25) is 9.59 Å². The van der Waals surface area contributed by atoms with Gasteiger partial charge in [-0.1, -0.05) is 26.0 Å². The molecule has 8 heteroatoms. The van der Waals surface area contributed by atoms with Crippen LogP contribution in [0.3, 0.4) is 0 Å². The van der Waals surface area contributed by atoms with Crippen LogP contribution in [0.1, 0.15) is 19.4 Å². The molecule has 0 unspecified atom stereocenters. The molecule has 144 valence electrons. The average Bonchev–Trinajstić information content (AvgIpc) is 2.56. The average molecular weight is 384 g/mol. The fourth-order valence-electron chi connectivity index (χ4n) is 2.40. The first-order valence-corrected chi connectivity index (χ1v) is 8.43. The molecule has 0 spiro atoms. The van der Waals surface area contributed by atoms with Gasteiger partial charge in [-0.15, -0.1) is 0 Å². The maximum atomic E-state index is 12.1. The molecule has 1 N–H and O–H groups in total. The van der Waals surface area contributed by atoms with Crippen molar-refractivity contribution in [1.82, 2.24) is 5.43 Å². The van der Waals surface area contributed by atoms with Crippen LogP contribution in [-0.2, 0) is 14.3 Å². The van der Waals surface area contributed by atoms with Gasteiger partial charge in [0.2, 0.25) is 0 Å². The molecule has 2 rings (SSSR count). The number of likely N-dealkylation sites (N-methyl/N-ethyl adjacent to an activating group) is 1. The second-order valence-electron chi connectivity index (χ2n) is 6.74. The quantitative estimate of drug-likeness (QED) is 0.206. The largest absolute Gasteiger partial charge is 1.00 e. The first-order valence-electron chi connectivity index (χ1n) is 8.43. The normalized spacial score (nSPS) is 16.2. The van der Waals surface area contributed by atoms with Gasteiger partial charge in [0.1, 0.15) is 18.8 Å². The minimum atomic E-state index is -0.311. The number of quaternary nitrogens is 1. The Labute approximate surface area is 160 Å². The third kappa shape index (κ3) is 6.74. The van der Waals surface area contributed by atoms with Gasteiger partial charge in [0.05, 0.1) is 32.4 Å². The number of para-hydroxylation sites is 1. The van der Waals surface area contributed by atoms with Crippen LogP contribution in [0.2, 0.25) is 0 Å². The topological polar surface area (TPSA) is 77.0 Å². The maximum Gasteiger partial charge on any atom is 0.313 e. The number of rotatable bonds is 6. The number of carbonyl (C=O) groups is 2. The zero-order valence-electron chi connectivity index (χ0n) is 15.4. The SMILES string of the molecule is CC(C)C(=O)Oc1ccccc1/C=N/NC(=O)C[N+]1(C)CCOCC1.[Cl-]. The van der Waals surface area contributed by atoms with E-state index in [1.807, 2.05) is 13.1 Å². The lowest BCUT2D eigenvalue weighted by atomic mass is 10.2. The van der Waals surface area contributed by atoms with E-state index in [4.69, 9.17) is 9.47 Å². The number of hydrogen-bond donors (Lipinski definition) is 1. The predicted molar refractivity (Wildman–Crippen MR) is 94.3 cm³/mol. The van der Waals surface area contributed by atoms with Crippen LogP contribution in [0.5, 0.6) is 5.75 Å². The Balaban J connectivity index is 0.00000338. The molecule has 26 heavy (non-hydrogen) atoms. The van der Waals surface area contributed by atoms with E-state index in [1.54, 1.807) is 32.0 Å². The van der Waals surface area contributed by atoms with Gasteiger partial charge in [0.25, 0.3) is 5.91 Å². The highest BCUT2D eigenvalue weighted by atomic mass is 35.5. The molecule has 0 radical (unpaired) electrons. The van der Waals surface area contributed by atoms with Gasteiger partial charge in [-0.05, 0) is 12.1 Å². The van der Waals surface area contributed by atoms with Crippen LogP contribution in [0.4, 0.5) is 0 Å². The van der Waals surface area contributed by atoms with Gasteiger partial charge in [0.15, 0.2) is 6.54 Å². The fourth-order valence-corrected chi connectivity index (χ4v) is 2.40. The van der Waals surface area contributed by atoms with Gasteiger partial charge < -0.3 is 26.4 Å². The molecule has 1 aromatic carbocycles. The van der Waals surface area contributed by atoms with E-state index in [0.29, 0.717) is 35.6 Å². The Kier molecular flexibility index (Phi) is 8.71. The molecule has 1 amide bonds. The first kappa shape index (κ1) is 22.1. The number of morpholine rings is 1. The lowest BCUT2D eigenvalue weighted by molar-refractivity contribution is -0.909. The summed E-state index contributed by atoms with van der Waals surface area (Å²) in [5.41, 5.74) is 3.17. The summed E-state index contributed by atoms with van der Waals surface area (Å²) in [7, 11) is 2.03. The smallest absolute Gasteiger partial charge is 0.313 e. The van der Waals surface area contributed by atoms with Crippen molar-refractivity contribution in [2.24, 2.45) is 11.0 Å². The number of benzene rings is 1. The summed E-state index contributed by atoms with van der Waals surface area (Å²) in [5, 5.41) is 3.99. The molecule has 1 fully saturated rings. The Hall–Kier alpha value is -1.96. The number of amides is 1. The standard InChI is InChI=1S/C18H25N3O4.ClH/c1-14(2)18(23)25-16-7-5-4-6-15(16)12-19-20-17(22)13-21(3)8-10-24-11-9-21;/h4-7,12,14H,8-11,13H2,1-3H3;1H/b19-12+;. The summed E-state index contributed by atoms with van der Waals surface area (Å²) in [6.45, 7) is 6.85. The molecular formula is C18H26ClN3O4. The molecule has 1 aliphatic heterocycles. The minimum absolute atomic E-state index is 0. The van der Waals surface area contributed by atoms with Gasteiger partial charge >= 0.3 is 5.97 Å². The summed E-state index contributed by atoms with van der Waals surface area (Å²) >= 11 is 0. The molecule has 1 aliphatic rings. The number of carbonyl (C=O) groups excluding carboxylic acids is 2. The zero-order valence-corrected chi connectivity index (χ0v) is 16.2. The third-order valence-electron chi connectivity index (χ3n) is 4.07. The monoisotopic (exact) mass is 383 g/mol. The zero-order chi connectivity index (χ0) is 18.3. The van der Waals surface area contributed by atoms with E-state index in [1.165, 1.54) is 6.21 Å². The van der Waals surface area contributed by atoms with E-state index >= 15 is 0 Å². The Morgan fingerprint density at radius 3 is 2.62 bits per heavy atom. The molecule has 0 saturated carbocycles. The maximum absolute atomic E-state index is 12.1. The summed E-state index contributed by atoms with van der Waals surface area (Å²) in [6, 6.07) is 7.07. The van der Waals surface area contributed by atoms with Crippen molar-refractivity contribution in [3.8, 4) is 5.75 Å². The van der Waals surface area contributed by atoms with Gasteiger partial charge in [-0.2, -0.15) is 5.10 Å². The number of hydrazone groups is 1. The Morgan fingerprint density at radius 1 is 1.31 bits per heavy atom. The highest BCUT2D eigenvalue weighted by Crippen LogP contribution is 2.17. The minimum Gasteiger partial charge on any atom is -1.00 e. The van der Waals surface area contributed by atoms with Crippen LogP contribution in [0.25, 0.3) is 0 Å². The van der Waals surface area contributed by atoms with Crippen LogP contribution in [0, 0.1) is 5.92 Å². The first-order chi connectivity index (χ1) is 11.9. The number of halogens is 1. The molecule has 0 bridgehead atoms. The Morgan fingerprint density at radius 2 is 1.96 bits per heavy atom. The second kappa shape index (κ2) is 10.3. The second-order valence-corrected chi connectivity index (χ2v) is 6.74. The molecule has 0 atom stereocenters. The number of nitrogens with zero attached hydrogens (tertiary/aromatic N) is 2. The van der Waals surface area contributed by atoms with E-state index in [9.17, 15) is 9.59 Å². The number of ether oxygens (including phenoxy) is 2. The van der Waals surface area contributed by atoms with Crippen molar-refractivity contribution < 1.29 is 36.0 Å². The van der Waals surface area contributed by atoms with Crippen molar-refractivity contribution in [3.05, 3.63) is 29.8 Å². The highest BCUT2D eigenvalue weighted by Gasteiger charge is 2.28. The van der Waals surface area contributed by atoms with Crippen molar-refractivity contribution in [3.63, 3.8) is 0 Å². The van der Waals surface area contributed by atoms with E-state index < -0.39 is 0 Å². The third-order valence-corrected chi connectivity index (χ3v) is 4.07. The van der Waals surface area contributed by atoms with Crippen LogP contribution >= 0.6 is 0 Å². The number of hydrogen-bond acceptors (Lipinski definition) is 5. The van der Waals surface area contributed by atoms with E-state index in [2.05, 4.69) is 10.5 Å². The lowest BCUT2D eigenvalue weighted by Crippen LogP contribution is -3.00. The molecule has 1 heterocycles. The Bertz CT molecular complexity index is 643. The summed E-state index contributed by atoms with van der Waals surface area (Å²) in [4.78, 5) is 23.8. The molecule has 1 aromatic rings. The molecule has 1 saturated heterocycles. The molecule has 0 aromatic heterocycles. The summed E-state index contributed by atoms with van der Waals surface area (Å²) < 4.78 is 11.3. The van der Waals surface area contributed by atoms with Gasteiger partial charge in [0, 0.05) is 5.56 Å². The highest BCUT2D eigenvalue weighted by molar-refractivity contribution is 5.87. The van der Waals surface area contributed by atoms with E-state index in [0.717, 1.165) is 13.1 Å². The fraction of sp³-hybridized carbons (Fsp3) is 0.500. The molecule has 0 aliphatic carbocycles. The van der Waals surface area contributed by atoms with Crippen molar-refractivity contribution in [2.75, 3.05) is 39.9 Å². The number of nitrogens with one attached hydrogen (secondary N) is 1. The van der Waals surface area contributed by atoms with Gasteiger partial charge in [-0.25, -0.2) is 5.43 Å². The molecular weight excluding hydrogens is 358 g/mol. The molecule has 7 nitrogen and oxygen atoms in total. The lowest BCUT2D eigenvalue weighted by Gasteiger charge is -2.36. The van der Waals surface area contributed by atoms with Crippen LogP contribution in [0.15, 0.2) is 29.4 Å². The summed E-state index contributed by atoms with van der Waals surface area (Å²) in [6.07, 6.45) is 1.49. The van der Waals surface area contributed by atoms with Crippen molar-refractivity contribution >= 4 is 18.1 Å². The van der Waals surface area contributed by atoms with E-state index in [-0.39, 0.29) is 30.2 Å².